The summed E-state index contributed by atoms with van der Waals surface area (Å²) in [7, 11) is -1.91. The monoisotopic (exact) mass is 446 g/mol. The van der Waals surface area contributed by atoms with Crippen molar-refractivity contribution in [2.45, 2.75) is 24.7 Å². The number of fused-ring (bicyclic) bond motifs is 1. The fraction of sp³-hybridized carbons (Fsp3) is 0.300. The van der Waals surface area contributed by atoms with Gasteiger partial charge in [0.2, 0.25) is 15.2 Å². The third-order valence-corrected chi connectivity index (χ3v) is 8.04. The van der Waals surface area contributed by atoms with Crippen molar-refractivity contribution in [2.75, 3.05) is 25.6 Å². The molecule has 1 aliphatic heterocycles. The Morgan fingerprint density at radius 2 is 1.83 bits per heavy atom. The lowest BCUT2D eigenvalue weighted by Crippen LogP contribution is -2.30. The minimum absolute atomic E-state index is 0.197. The van der Waals surface area contributed by atoms with Crippen LogP contribution in [-0.4, -0.2) is 43.8 Å². The highest BCUT2D eigenvalue weighted by Crippen LogP contribution is 2.34. The van der Waals surface area contributed by atoms with Gasteiger partial charge in [-0.3, -0.25) is 15.6 Å². The van der Waals surface area contributed by atoms with Crippen LogP contribution in [-0.2, 0) is 10.0 Å². The van der Waals surface area contributed by atoms with Crippen LogP contribution in [0, 0.1) is 6.92 Å². The van der Waals surface area contributed by atoms with Crippen molar-refractivity contribution >= 4 is 42.6 Å². The van der Waals surface area contributed by atoms with Gasteiger partial charge in [-0.1, -0.05) is 17.4 Å². The molecule has 2 N–H and O–H groups in total. The summed E-state index contributed by atoms with van der Waals surface area (Å²) < 4.78 is 33.0. The van der Waals surface area contributed by atoms with Gasteiger partial charge in [0.1, 0.15) is 11.3 Å². The predicted molar refractivity (Wildman–Crippen MR) is 116 cm³/mol. The number of thiazole rings is 1. The van der Waals surface area contributed by atoms with Crippen LogP contribution in [0.4, 0.5) is 5.13 Å². The van der Waals surface area contributed by atoms with Gasteiger partial charge in [0.05, 0.1) is 16.7 Å². The molecule has 2 aromatic carbocycles. The maximum absolute atomic E-state index is 12.6. The number of carbonyl (C=O) groups excluding carboxylic acids is 1. The number of rotatable bonds is 6. The van der Waals surface area contributed by atoms with E-state index in [1.54, 1.807) is 7.11 Å². The van der Waals surface area contributed by atoms with Crippen LogP contribution in [0.25, 0.3) is 10.2 Å². The summed E-state index contributed by atoms with van der Waals surface area (Å²) in [6.07, 6.45) is 1.76. The fourth-order valence-electron chi connectivity index (χ4n) is 3.37. The summed E-state index contributed by atoms with van der Waals surface area (Å²) in [5, 5.41) is 0.527. The molecule has 0 atom stereocenters. The Kier molecular flexibility index (Phi) is 5.63. The van der Waals surface area contributed by atoms with Gasteiger partial charge >= 0.3 is 0 Å². The molecule has 30 heavy (non-hydrogen) atoms. The predicted octanol–water partition coefficient (Wildman–Crippen LogP) is 3.15. The lowest BCUT2D eigenvalue weighted by molar-refractivity contribution is 0.0962. The number of aromatic nitrogens is 1. The highest BCUT2D eigenvalue weighted by molar-refractivity contribution is 7.89. The van der Waals surface area contributed by atoms with Crippen LogP contribution in [0.5, 0.6) is 5.75 Å². The normalized spacial score (nSPS) is 14.7. The minimum atomic E-state index is -3.50. The zero-order valence-electron chi connectivity index (χ0n) is 16.6. The molecular formula is C20H22N4O4S2. The molecular weight excluding hydrogens is 424 g/mol. The number of aryl methyl sites for hydroxylation is 1. The zero-order chi connectivity index (χ0) is 21.3. The molecule has 1 aromatic heterocycles. The Labute approximate surface area is 178 Å². The molecule has 3 aromatic rings. The zero-order valence-corrected chi connectivity index (χ0v) is 18.3. The first kappa shape index (κ1) is 20.6. The Morgan fingerprint density at radius 3 is 2.50 bits per heavy atom. The second-order valence-electron chi connectivity index (χ2n) is 7.00. The molecule has 0 spiro atoms. The van der Waals surface area contributed by atoms with E-state index in [-0.39, 0.29) is 10.8 Å². The molecule has 0 unspecified atom stereocenters. The molecule has 1 aliphatic rings. The van der Waals surface area contributed by atoms with Crippen molar-refractivity contribution in [1.82, 2.24) is 14.7 Å². The summed E-state index contributed by atoms with van der Waals surface area (Å²) in [6, 6.07) is 9.76. The van der Waals surface area contributed by atoms with E-state index in [0.29, 0.717) is 29.5 Å². The number of methoxy groups -OCH3 is 1. The van der Waals surface area contributed by atoms with Gasteiger partial charge in [0, 0.05) is 18.7 Å². The van der Waals surface area contributed by atoms with Crippen LogP contribution in [0.3, 0.4) is 0 Å². The molecule has 8 nitrogen and oxygen atoms in total. The number of nitrogens with one attached hydrogen (secondary N) is 2. The van der Waals surface area contributed by atoms with E-state index in [1.807, 2.05) is 19.1 Å². The summed E-state index contributed by atoms with van der Waals surface area (Å²) >= 11 is 1.41. The quantitative estimate of drug-likeness (QED) is 0.564. The van der Waals surface area contributed by atoms with E-state index < -0.39 is 10.0 Å². The molecule has 0 aliphatic carbocycles. The number of nitrogens with zero attached hydrogens (tertiary/aromatic N) is 2. The molecule has 0 radical (unpaired) electrons. The van der Waals surface area contributed by atoms with Crippen LogP contribution in [0.1, 0.15) is 28.8 Å². The summed E-state index contributed by atoms with van der Waals surface area (Å²) in [5.41, 5.74) is 7.58. The maximum atomic E-state index is 12.6. The highest BCUT2D eigenvalue weighted by Gasteiger charge is 2.27. The number of carbonyl (C=O) groups is 1. The van der Waals surface area contributed by atoms with E-state index >= 15 is 0 Å². The largest absolute Gasteiger partial charge is 0.494 e. The van der Waals surface area contributed by atoms with E-state index in [9.17, 15) is 13.2 Å². The van der Waals surface area contributed by atoms with Gasteiger partial charge in [-0.05, 0) is 55.7 Å². The number of hydrogen-bond acceptors (Lipinski definition) is 7. The molecule has 1 amide bonds. The smallest absolute Gasteiger partial charge is 0.269 e. The first-order valence-electron chi connectivity index (χ1n) is 9.51. The van der Waals surface area contributed by atoms with Crippen molar-refractivity contribution in [1.29, 1.82) is 0 Å². The number of anilines is 1. The Hall–Kier alpha value is -2.69. The van der Waals surface area contributed by atoms with E-state index in [2.05, 4.69) is 15.8 Å². The lowest BCUT2D eigenvalue weighted by Gasteiger charge is -2.15. The summed E-state index contributed by atoms with van der Waals surface area (Å²) in [4.78, 5) is 17.1. The fourth-order valence-corrected chi connectivity index (χ4v) is 5.79. The van der Waals surface area contributed by atoms with Gasteiger partial charge in [-0.2, -0.15) is 4.31 Å². The molecule has 10 heteroatoms. The number of ether oxygens (including phenoxy) is 1. The van der Waals surface area contributed by atoms with Crippen molar-refractivity contribution in [3.63, 3.8) is 0 Å². The molecule has 1 fully saturated rings. The Balaban J connectivity index is 1.46. The second kappa shape index (κ2) is 8.21. The minimum Gasteiger partial charge on any atom is -0.494 e. The first-order chi connectivity index (χ1) is 14.4. The van der Waals surface area contributed by atoms with Gasteiger partial charge in [0.25, 0.3) is 5.91 Å². The average molecular weight is 447 g/mol. The van der Waals surface area contributed by atoms with Gasteiger partial charge < -0.3 is 4.74 Å². The summed E-state index contributed by atoms with van der Waals surface area (Å²) in [5.74, 6) is 0.282. The Morgan fingerprint density at radius 1 is 1.13 bits per heavy atom. The van der Waals surface area contributed by atoms with Crippen molar-refractivity contribution in [3.05, 3.63) is 47.5 Å². The first-order valence-corrected chi connectivity index (χ1v) is 11.8. The van der Waals surface area contributed by atoms with Crippen LogP contribution >= 0.6 is 11.3 Å². The van der Waals surface area contributed by atoms with E-state index in [1.165, 1.54) is 39.9 Å². The number of hydrazine groups is 1. The Bertz CT molecular complexity index is 1180. The summed E-state index contributed by atoms with van der Waals surface area (Å²) in [6.45, 7) is 3.07. The van der Waals surface area contributed by atoms with Crippen LogP contribution in [0.15, 0.2) is 41.3 Å². The number of amides is 1. The molecule has 0 saturated carbocycles. The van der Waals surface area contributed by atoms with Crippen molar-refractivity contribution < 1.29 is 17.9 Å². The number of hydrogen-bond donors (Lipinski definition) is 2. The van der Waals surface area contributed by atoms with Crippen molar-refractivity contribution in [2.24, 2.45) is 0 Å². The highest BCUT2D eigenvalue weighted by atomic mass is 32.2. The maximum Gasteiger partial charge on any atom is 0.269 e. The van der Waals surface area contributed by atoms with Gasteiger partial charge in [-0.15, -0.1) is 0 Å². The standard InChI is InChI=1S/C20H22N4O4S2/c1-13-5-10-16(28-2)17-18(13)29-20(21-17)23-22-19(25)14-6-8-15(9-7-14)30(26,27)24-11-3-4-12-24/h5-10H,3-4,11-12H2,1-2H3,(H,21,23)(H,22,25). The molecule has 0 bridgehead atoms. The second-order valence-corrected chi connectivity index (χ2v) is 9.93. The van der Waals surface area contributed by atoms with Gasteiger partial charge in [0.15, 0.2) is 0 Å². The van der Waals surface area contributed by atoms with Crippen molar-refractivity contribution in [3.8, 4) is 5.75 Å². The van der Waals surface area contributed by atoms with E-state index in [0.717, 1.165) is 28.6 Å². The van der Waals surface area contributed by atoms with Crippen LogP contribution < -0.4 is 15.6 Å². The lowest BCUT2D eigenvalue weighted by atomic mass is 10.2. The third-order valence-electron chi connectivity index (χ3n) is 5.03. The molecule has 4 rings (SSSR count). The molecule has 2 heterocycles. The number of benzene rings is 2. The molecule has 158 valence electrons. The molecule has 1 saturated heterocycles. The topological polar surface area (TPSA) is 101 Å². The average Bonchev–Trinajstić information content (AvgIpc) is 3.43. The van der Waals surface area contributed by atoms with E-state index in [4.69, 9.17) is 4.74 Å². The third kappa shape index (κ3) is 3.85. The van der Waals surface area contributed by atoms with Gasteiger partial charge in [-0.25, -0.2) is 13.4 Å². The number of sulfonamides is 1. The SMILES string of the molecule is COc1ccc(C)c2sc(NNC(=O)c3ccc(S(=O)(=O)N4CCCC4)cc3)nc12. The van der Waals surface area contributed by atoms with Crippen LogP contribution in [0.2, 0.25) is 0 Å².